The summed E-state index contributed by atoms with van der Waals surface area (Å²) in [4.78, 5) is 21.1. The number of nitrogens with one attached hydrogen (secondary N) is 2. The number of amides is 1. The number of nitrogens with zero attached hydrogens (tertiary/aromatic N) is 3. The highest BCUT2D eigenvalue weighted by Crippen LogP contribution is 2.15. The molecule has 0 saturated carbocycles. The molecule has 1 aliphatic heterocycles. The van der Waals surface area contributed by atoms with Crippen LogP contribution in [-0.2, 0) is 6.54 Å². The van der Waals surface area contributed by atoms with Crippen molar-refractivity contribution >= 4 is 35.8 Å². The first-order valence-electron chi connectivity index (χ1n) is 11.1. The van der Waals surface area contributed by atoms with Gasteiger partial charge in [-0.1, -0.05) is 19.1 Å². The number of halogens is 1. The predicted molar refractivity (Wildman–Crippen MR) is 137 cm³/mol. The first-order valence-corrected chi connectivity index (χ1v) is 11.1. The van der Waals surface area contributed by atoms with E-state index in [1.807, 2.05) is 43.0 Å². The van der Waals surface area contributed by atoms with Crippen LogP contribution in [0.5, 0.6) is 0 Å². The van der Waals surface area contributed by atoms with Crippen LogP contribution in [-0.4, -0.2) is 68.0 Å². The van der Waals surface area contributed by atoms with Crippen LogP contribution in [0.1, 0.15) is 56.0 Å². The molecule has 0 atom stereocenters. The highest BCUT2D eigenvalue weighted by molar-refractivity contribution is 14.0. The van der Waals surface area contributed by atoms with Crippen molar-refractivity contribution in [3.05, 3.63) is 35.4 Å². The van der Waals surface area contributed by atoms with Gasteiger partial charge in [0.1, 0.15) is 0 Å². The Morgan fingerprint density at radius 2 is 1.77 bits per heavy atom. The van der Waals surface area contributed by atoms with Gasteiger partial charge in [0, 0.05) is 38.8 Å². The molecule has 0 bridgehead atoms. The first kappa shape index (κ1) is 26.7. The molecule has 2 N–H and O–H groups in total. The third-order valence-electron chi connectivity index (χ3n) is 5.75. The monoisotopic (exact) mass is 529 g/mol. The van der Waals surface area contributed by atoms with Gasteiger partial charge in [0.15, 0.2) is 5.96 Å². The maximum absolute atomic E-state index is 12.4. The number of likely N-dealkylation sites (tertiary alicyclic amines) is 1. The Balaban J connectivity index is 0.00000450. The normalized spacial score (nSPS) is 15.4. The highest BCUT2D eigenvalue weighted by Gasteiger charge is 2.15. The van der Waals surface area contributed by atoms with Crippen LogP contribution in [0.15, 0.2) is 29.3 Å². The molecule has 170 valence electrons. The van der Waals surface area contributed by atoms with Crippen molar-refractivity contribution in [2.45, 2.75) is 46.6 Å². The third kappa shape index (κ3) is 8.79. The van der Waals surface area contributed by atoms with E-state index in [1.165, 1.54) is 25.9 Å². The lowest BCUT2D eigenvalue weighted by molar-refractivity contribution is 0.0773. The molecule has 1 fully saturated rings. The topological polar surface area (TPSA) is 60.0 Å². The molecule has 0 unspecified atom stereocenters. The molecule has 1 heterocycles. The summed E-state index contributed by atoms with van der Waals surface area (Å²) in [5.74, 6) is 1.80. The van der Waals surface area contributed by atoms with Gasteiger partial charge in [-0.15, -0.1) is 24.0 Å². The van der Waals surface area contributed by atoms with Crippen LogP contribution in [0, 0.1) is 5.92 Å². The van der Waals surface area contributed by atoms with E-state index in [9.17, 15) is 4.79 Å². The second kappa shape index (κ2) is 14.6. The third-order valence-corrected chi connectivity index (χ3v) is 5.75. The van der Waals surface area contributed by atoms with Gasteiger partial charge >= 0.3 is 0 Å². The van der Waals surface area contributed by atoms with E-state index in [0.29, 0.717) is 6.54 Å². The lowest BCUT2D eigenvalue weighted by Gasteiger charge is -2.30. The maximum Gasteiger partial charge on any atom is 0.253 e. The maximum atomic E-state index is 12.4. The molecule has 1 saturated heterocycles. The van der Waals surface area contributed by atoms with Crippen molar-refractivity contribution < 1.29 is 4.79 Å². The quantitative estimate of drug-likeness (QED) is 0.222. The molecular weight excluding hydrogens is 489 g/mol. The fourth-order valence-corrected chi connectivity index (χ4v) is 3.66. The van der Waals surface area contributed by atoms with Crippen molar-refractivity contribution in [1.82, 2.24) is 20.4 Å². The summed E-state index contributed by atoms with van der Waals surface area (Å²) < 4.78 is 0. The van der Waals surface area contributed by atoms with E-state index in [2.05, 4.69) is 27.4 Å². The summed E-state index contributed by atoms with van der Waals surface area (Å²) in [5, 5.41) is 6.75. The molecule has 1 aliphatic rings. The largest absolute Gasteiger partial charge is 0.356 e. The number of carbonyl (C=O) groups is 1. The van der Waals surface area contributed by atoms with Gasteiger partial charge in [0.2, 0.25) is 0 Å². The summed E-state index contributed by atoms with van der Waals surface area (Å²) in [6, 6.07) is 7.84. The number of carbonyl (C=O) groups excluding carboxylic acids is 1. The lowest BCUT2D eigenvalue weighted by Crippen LogP contribution is -2.39. The zero-order chi connectivity index (χ0) is 21.1. The van der Waals surface area contributed by atoms with Gasteiger partial charge < -0.3 is 20.4 Å². The van der Waals surface area contributed by atoms with Crippen LogP contribution in [0.2, 0.25) is 0 Å². The Bertz CT molecular complexity index is 637. The fraction of sp³-hybridized carbons (Fsp3) is 0.652. The summed E-state index contributed by atoms with van der Waals surface area (Å²) >= 11 is 0. The van der Waals surface area contributed by atoms with Gasteiger partial charge in [-0.05, 0) is 76.4 Å². The minimum atomic E-state index is 0. The standard InChI is InChI=1S/C23H39N5O.HI/c1-5-28(6-2)22(29)21-10-8-20(9-11-21)18-26-23(24-4)25-14-7-15-27-16-12-19(3)13-17-27;/h8-11,19H,5-7,12-18H2,1-4H3,(H2,24,25,26);1H. The highest BCUT2D eigenvalue weighted by atomic mass is 127. The van der Waals surface area contributed by atoms with Gasteiger partial charge in [-0.2, -0.15) is 0 Å². The minimum absolute atomic E-state index is 0. The summed E-state index contributed by atoms with van der Waals surface area (Å²) in [7, 11) is 1.80. The molecule has 1 aromatic rings. The minimum Gasteiger partial charge on any atom is -0.356 e. The summed E-state index contributed by atoms with van der Waals surface area (Å²) in [5.41, 5.74) is 1.87. The van der Waals surface area contributed by atoms with Crippen molar-refractivity contribution in [3.8, 4) is 0 Å². The summed E-state index contributed by atoms with van der Waals surface area (Å²) in [6.45, 7) is 13.1. The zero-order valence-electron chi connectivity index (χ0n) is 19.1. The van der Waals surface area contributed by atoms with Crippen molar-refractivity contribution in [3.63, 3.8) is 0 Å². The SMILES string of the molecule is CCN(CC)C(=O)c1ccc(CNC(=NC)NCCCN2CCC(C)CC2)cc1.I. The van der Waals surface area contributed by atoms with Crippen molar-refractivity contribution in [1.29, 1.82) is 0 Å². The van der Waals surface area contributed by atoms with Crippen LogP contribution in [0.3, 0.4) is 0 Å². The van der Waals surface area contributed by atoms with E-state index in [-0.39, 0.29) is 29.9 Å². The number of benzene rings is 1. The van der Waals surface area contributed by atoms with E-state index < -0.39 is 0 Å². The Morgan fingerprint density at radius 1 is 1.13 bits per heavy atom. The van der Waals surface area contributed by atoms with E-state index in [4.69, 9.17) is 0 Å². The molecule has 30 heavy (non-hydrogen) atoms. The molecule has 0 aliphatic carbocycles. The zero-order valence-corrected chi connectivity index (χ0v) is 21.4. The number of hydrogen-bond donors (Lipinski definition) is 2. The number of guanidine groups is 1. The Hall–Kier alpha value is -1.35. The van der Waals surface area contributed by atoms with Crippen molar-refractivity contribution in [2.24, 2.45) is 10.9 Å². The molecular formula is C23H40IN5O. The molecule has 7 heteroatoms. The van der Waals surface area contributed by atoms with Crippen LogP contribution in [0.25, 0.3) is 0 Å². The van der Waals surface area contributed by atoms with Crippen LogP contribution < -0.4 is 10.6 Å². The second-order valence-electron chi connectivity index (χ2n) is 7.90. The van der Waals surface area contributed by atoms with Crippen molar-refractivity contribution in [2.75, 3.05) is 46.3 Å². The number of hydrogen-bond acceptors (Lipinski definition) is 3. The number of aliphatic imine (C=N–C) groups is 1. The second-order valence-corrected chi connectivity index (χ2v) is 7.90. The average Bonchev–Trinajstić information content (AvgIpc) is 2.75. The van der Waals surface area contributed by atoms with Crippen LogP contribution >= 0.6 is 24.0 Å². The van der Waals surface area contributed by atoms with Gasteiger partial charge in [0.25, 0.3) is 5.91 Å². The number of piperidine rings is 1. The van der Waals surface area contributed by atoms with E-state index in [0.717, 1.165) is 55.6 Å². The predicted octanol–water partition coefficient (Wildman–Crippen LogP) is 3.57. The Kier molecular flexibility index (Phi) is 13.0. The van der Waals surface area contributed by atoms with E-state index in [1.54, 1.807) is 7.05 Å². The molecule has 0 aromatic heterocycles. The Morgan fingerprint density at radius 3 is 2.33 bits per heavy atom. The molecule has 1 aromatic carbocycles. The fourth-order valence-electron chi connectivity index (χ4n) is 3.66. The summed E-state index contributed by atoms with van der Waals surface area (Å²) in [6.07, 6.45) is 3.78. The van der Waals surface area contributed by atoms with Crippen LogP contribution in [0.4, 0.5) is 0 Å². The van der Waals surface area contributed by atoms with Gasteiger partial charge in [-0.3, -0.25) is 9.79 Å². The Labute approximate surface area is 199 Å². The lowest BCUT2D eigenvalue weighted by atomic mass is 9.99. The van der Waals surface area contributed by atoms with Gasteiger partial charge in [0.05, 0.1) is 0 Å². The molecule has 0 radical (unpaired) electrons. The molecule has 1 amide bonds. The van der Waals surface area contributed by atoms with E-state index >= 15 is 0 Å². The molecule has 0 spiro atoms. The van der Waals surface area contributed by atoms with Gasteiger partial charge in [-0.25, -0.2) is 0 Å². The smallest absolute Gasteiger partial charge is 0.253 e. The first-order chi connectivity index (χ1) is 14.1. The molecule has 6 nitrogen and oxygen atoms in total. The molecule has 2 rings (SSSR count). The average molecular weight is 530 g/mol. The number of rotatable bonds is 9.